The van der Waals surface area contributed by atoms with Crippen molar-refractivity contribution >= 4 is 17.9 Å². The molecule has 0 radical (unpaired) electrons. The number of hydrogen-bond donors (Lipinski definition) is 0. The maximum absolute atomic E-state index is 12.8. The van der Waals surface area contributed by atoms with Crippen molar-refractivity contribution < 1.29 is 28.6 Å². The molecule has 0 fully saturated rings. The second kappa shape index (κ2) is 52.9. The molecule has 0 aliphatic heterocycles. The molecule has 0 aromatic carbocycles. The van der Waals surface area contributed by atoms with Gasteiger partial charge in [-0.15, -0.1) is 0 Å². The highest BCUT2D eigenvalue weighted by molar-refractivity contribution is 5.71. The number of unbranched alkanes of at least 4 members (excludes halogenated alkanes) is 14. The average Bonchev–Trinajstić information content (AvgIpc) is 3.31. The summed E-state index contributed by atoms with van der Waals surface area (Å²) in [6.07, 6.45) is 75.6. The molecule has 6 heteroatoms. The Morgan fingerprint density at radius 2 is 0.682 bits per heavy atom. The number of hydrogen-bond acceptors (Lipinski definition) is 6. The standard InChI is InChI=1S/C60H92O6/c1-4-7-10-13-16-19-22-25-27-29-31-32-35-38-41-44-47-50-53-59(62)65-56-57(55-64-58(61)52-49-46-43-40-37-34-24-21-18-15-12-9-6-3)66-60(63)54-51-48-45-42-39-36-33-30-28-26-23-20-17-14-11-8-5-2/h8-9,11-12,15,17-18,20-21,24,26-29,31-34,36-37,40,42-43,45,57H,4-7,10,13-14,16,19,22-23,25,30,35,38-39,41,44,46-56H2,1-3H3/b11-8-,12-9-,18-15-,20-17-,24-21-,28-26-,29-27-,32-31-,36-33-,37-34-,43-40-,45-42-. The summed E-state index contributed by atoms with van der Waals surface area (Å²) in [6.45, 7) is 6.22. The molecule has 0 rings (SSSR count). The first-order chi connectivity index (χ1) is 32.5. The van der Waals surface area contributed by atoms with Gasteiger partial charge in [-0.1, -0.05) is 224 Å². The minimum Gasteiger partial charge on any atom is -0.462 e. The molecule has 0 heterocycles. The zero-order chi connectivity index (χ0) is 47.9. The van der Waals surface area contributed by atoms with Crippen LogP contribution < -0.4 is 0 Å². The Balaban J connectivity index is 4.62. The topological polar surface area (TPSA) is 78.9 Å². The van der Waals surface area contributed by atoms with E-state index in [1.54, 1.807) is 0 Å². The second-order valence-electron chi connectivity index (χ2n) is 16.5. The molecule has 0 N–H and O–H groups in total. The molecule has 0 spiro atoms. The van der Waals surface area contributed by atoms with E-state index < -0.39 is 12.1 Å². The number of carbonyl (C=O) groups excluding carboxylic acids is 3. The van der Waals surface area contributed by atoms with Gasteiger partial charge in [0, 0.05) is 19.3 Å². The van der Waals surface area contributed by atoms with Crippen molar-refractivity contribution in [3.63, 3.8) is 0 Å². The van der Waals surface area contributed by atoms with Crippen molar-refractivity contribution in [1.82, 2.24) is 0 Å². The normalized spacial score (nSPS) is 13.3. The molecule has 0 aromatic heterocycles. The molecule has 368 valence electrons. The molecule has 0 aromatic rings. The fourth-order valence-corrected chi connectivity index (χ4v) is 6.38. The van der Waals surface area contributed by atoms with E-state index in [-0.39, 0.29) is 38.0 Å². The molecule has 6 nitrogen and oxygen atoms in total. The van der Waals surface area contributed by atoms with Gasteiger partial charge >= 0.3 is 17.9 Å². The summed E-state index contributed by atoms with van der Waals surface area (Å²) in [7, 11) is 0. The lowest BCUT2D eigenvalue weighted by Gasteiger charge is -2.18. The fourth-order valence-electron chi connectivity index (χ4n) is 6.38. The van der Waals surface area contributed by atoms with Crippen molar-refractivity contribution in [2.24, 2.45) is 0 Å². The highest BCUT2D eigenvalue weighted by Gasteiger charge is 2.19. The maximum Gasteiger partial charge on any atom is 0.306 e. The minimum atomic E-state index is -0.849. The summed E-state index contributed by atoms with van der Waals surface area (Å²) in [4.78, 5) is 37.9. The highest BCUT2D eigenvalue weighted by atomic mass is 16.6. The van der Waals surface area contributed by atoms with Crippen molar-refractivity contribution in [2.75, 3.05) is 13.2 Å². The predicted octanol–water partition coefficient (Wildman–Crippen LogP) is 17.3. The summed E-state index contributed by atoms with van der Waals surface area (Å²) in [6, 6.07) is 0. The fraction of sp³-hybridized carbons (Fsp3) is 0.550. The zero-order valence-electron chi connectivity index (χ0n) is 41.9. The predicted molar refractivity (Wildman–Crippen MR) is 283 cm³/mol. The summed E-state index contributed by atoms with van der Waals surface area (Å²) in [5.41, 5.74) is 0. The van der Waals surface area contributed by atoms with E-state index >= 15 is 0 Å². The average molecular weight is 909 g/mol. The van der Waals surface area contributed by atoms with Crippen LogP contribution in [0.4, 0.5) is 0 Å². The van der Waals surface area contributed by atoms with Gasteiger partial charge in [-0.2, -0.15) is 0 Å². The molecule has 0 aliphatic rings. The molecule has 1 unspecified atom stereocenters. The Kier molecular flexibility index (Phi) is 49.1. The van der Waals surface area contributed by atoms with Crippen molar-refractivity contribution in [3.05, 3.63) is 146 Å². The molecule has 0 saturated carbocycles. The molecular formula is C60H92O6. The van der Waals surface area contributed by atoms with Gasteiger partial charge in [0.25, 0.3) is 0 Å². The largest absolute Gasteiger partial charge is 0.462 e. The second-order valence-corrected chi connectivity index (χ2v) is 16.5. The van der Waals surface area contributed by atoms with Gasteiger partial charge in [-0.3, -0.25) is 14.4 Å². The Labute approximate surface area is 404 Å². The van der Waals surface area contributed by atoms with Crippen LogP contribution in [-0.2, 0) is 28.6 Å². The minimum absolute atomic E-state index is 0.138. The van der Waals surface area contributed by atoms with Gasteiger partial charge in [-0.05, 0) is 96.3 Å². The third-order valence-electron chi connectivity index (χ3n) is 10.2. The molecule has 0 saturated heterocycles. The van der Waals surface area contributed by atoms with E-state index in [1.165, 1.54) is 51.4 Å². The monoisotopic (exact) mass is 909 g/mol. The number of carbonyl (C=O) groups is 3. The maximum atomic E-state index is 12.8. The summed E-state index contributed by atoms with van der Waals surface area (Å²) < 4.78 is 16.7. The van der Waals surface area contributed by atoms with Gasteiger partial charge in [0.2, 0.25) is 0 Å². The Hall–Kier alpha value is -4.71. The molecule has 0 bridgehead atoms. The lowest BCUT2D eigenvalue weighted by molar-refractivity contribution is -0.167. The van der Waals surface area contributed by atoms with Crippen LogP contribution >= 0.6 is 0 Å². The van der Waals surface area contributed by atoms with Crippen LogP contribution in [0.25, 0.3) is 0 Å². The molecule has 1 atom stereocenters. The summed E-state index contributed by atoms with van der Waals surface area (Å²) in [5, 5.41) is 0. The van der Waals surface area contributed by atoms with Crippen molar-refractivity contribution in [3.8, 4) is 0 Å². The van der Waals surface area contributed by atoms with Gasteiger partial charge in [0.15, 0.2) is 6.10 Å². The lowest BCUT2D eigenvalue weighted by Crippen LogP contribution is -2.30. The summed E-state index contributed by atoms with van der Waals surface area (Å²) in [5.74, 6) is -1.10. The molecule has 66 heavy (non-hydrogen) atoms. The van der Waals surface area contributed by atoms with E-state index in [0.717, 1.165) is 89.9 Å². The Bertz CT molecular complexity index is 1510. The molecule has 0 aliphatic carbocycles. The lowest BCUT2D eigenvalue weighted by atomic mass is 10.1. The van der Waals surface area contributed by atoms with Gasteiger partial charge in [-0.25, -0.2) is 0 Å². The van der Waals surface area contributed by atoms with Gasteiger partial charge < -0.3 is 14.2 Å². The number of ether oxygens (including phenoxy) is 3. The van der Waals surface area contributed by atoms with E-state index in [2.05, 4.69) is 112 Å². The summed E-state index contributed by atoms with van der Waals surface area (Å²) >= 11 is 0. The Morgan fingerprint density at radius 3 is 1.18 bits per heavy atom. The molecule has 0 amide bonds. The molecular weight excluding hydrogens is 817 g/mol. The SMILES string of the molecule is CC\C=C/C=C\C=C/C=C\C=C/CCCC(=O)OCC(COC(=O)CCCCCCC/C=C\C=C/CCCCCCCCC)OC(=O)CCC/C=C\C/C=C\C/C=C\C/C=C\C/C=C\CC. The quantitative estimate of drug-likeness (QED) is 0.0199. The van der Waals surface area contributed by atoms with Crippen LogP contribution in [0.3, 0.4) is 0 Å². The Morgan fingerprint density at radius 1 is 0.333 bits per heavy atom. The first-order valence-electron chi connectivity index (χ1n) is 25.9. The zero-order valence-corrected chi connectivity index (χ0v) is 41.9. The van der Waals surface area contributed by atoms with E-state index in [9.17, 15) is 14.4 Å². The first-order valence-corrected chi connectivity index (χ1v) is 25.9. The van der Waals surface area contributed by atoms with E-state index in [0.29, 0.717) is 19.3 Å². The van der Waals surface area contributed by atoms with Crippen LogP contribution in [0.2, 0.25) is 0 Å². The third kappa shape index (κ3) is 50.3. The number of esters is 3. The highest BCUT2D eigenvalue weighted by Crippen LogP contribution is 2.12. The van der Waals surface area contributed by atoms with Crippen molar-refractivity contribution in [2.45, 2.75) is 200 Å². The van der Waals surface area contributed by atoms with Crippen LogP contribution in [0.15, 0.2) is 146 Å². The van der Waals surface area contributed by atoms with Crippen molar-refractivity contribution in [1.29, 1.82) is 0 Å². The van der Waals surface area contributed by atoms with Crippen LogP contribution in [0, 0.1) is 0 Å². The number of rotatable bonds is 44. The van der Waals surface area contributed by atoms with E-state index in [1.807, 2.05) is 54.7 Å². The van der Waals surface area contributed by atoms with Crippen LogP contribution in [-0.4, -0.2) is 37.2 Å². The van der Waals surface area contributed by atoms with E-state index in [4.69, 9.17) is 14.2 Å². The number of allylic oxidation sites excluding steroid dienone is 24. The van der Waals surface area contributed by atoms with Crippen LogP contribution in [0.5, 0.6) is 0 Å². The van der Waals surface area contributed by atoms with Gasteiger partial charge in [0.05, 0.1) is 0 Å². The smallest absolute Gasteiger partial charge is 0.306 e. The first kappa shape index (κ1) is 61.3. The third-order valence-corrected chi connectivity index (χ3v) is 10.2. The van der Waals surface area contributed by atoms with Crippen LogP contribution in [0.1, 0.15) is 194 Å². The van der Waals surface area contributed by atoms with Gasteiger partial charge in [0.1, 0.15) is 13.2 Å².